The van der Waals surface area contributed by atoms with Gasteiger partial charge in [-0.2, -0.15) is 0 Å². The smallest absolute Gasteiger partial charge is 0.251 e. The van der Waals surface area contributed by atoms with Crippen LogP contribution < -0.4 is 10.6 Å². The molecule has 0 bridgehead atoms. The Labute approximate surface area is 176 Å². The van der Waals surface area contributed by atoms with Crippen molar-refractivity contribution in [2.75, 3.05) is 5.32 Å². The second-order valence-electron chi connectivity index (χ2n) is 6.69. The maximum absolute atomic E-state index is 13.4. The molecule has 0 saturated carbocycles. The van der Waals surface area contributed by atoms with Crippen LogP contribution in [0, 0.1) is 5.82 Å². The predicted molar refractivity (Wildman–Crippen MR) is 116 cm³/mol. The van der Waals surface area contributed by atoms with Gasteiger partial charge in [-0.1, -0.05) is 59.9 Å². The number of nitrogens with one attached hydrogen (secondary N) is 2. The third-order valence-electron chi connectivity index (χ3n) is 4.53. The number of carbonyl (C=O) groups is 2. The Morgan fingerprint density at radius 2 is 1.67 bits per heavy atom. The summed E-state index contributed by atoms with van der Waals surface area (Å²) in [4.78, 5) is 29.6. The summed E-state index contributed by atoms with van der Waals surface area (Å²) in [5.74, 6) is -0.902. The normalized spacial score (nSPS) is 11.8. The van der Waals surface area contributed by atoms with Gasteiger partial charge in [0, 0.05) is 5.56 Å². The highest BCUT2D eigenvalue weighted by molar-refractivity contribution is 7.22. The van der Waals surface area contributed by atoms with E-state index in [9.17, 15) is 14.0 Å². The third kappa shape index (κ3) is 4.69. The van der Waals surface area contributed by atoms with Crippen molar-refractivity contribution in [1.29, 1.82) is 0 Å². The van der Waals surface area contributed by atoms with Crippen molar-refractivity contribution >= 4 is 38.5 Å². The fourth-order valence-corrected chi connectivity index (χ4v) is 3.98. The molecular formula is C23H18FN3O2S. The van der Waals surface area contributed by atoms with Gasteiger partial charge in [0.1, 0.15) is 5.82 Å². The van der Waals surface area contributed by atoms with E-state index in [1.165, 1.54) is 23.5 Å². The Hall–Kier alpha value is -3.58. The number of hydrogen-bond donors (Lipinski definition) is 2. The van der Waals surface area contributed by atoms with Crippen LogP contribution in [0.2, 0.25) is 0 Å². The first-order valence-electron chi connectivity index (χ1n) is 9.35. The average Bonchev–Trinajstić information content (AvgIpc) is 3.15. The third-order valence-corrected chi connectivity index (χ3v) is 5.46. The van der Waals surface area contributed by atoms with Crippen LogP contribution in [0.5, 0.6) is 0 Å². The number of amides is 2. The topological polar surface area (TPSA) is 71.1 Å². The van der Waals surface area contributed by atoms with E-state index < -0.39 is 6.04 Å². The molecule has 0 aliphatic heterocycles. The zero-order valence-electron chi connectivity index (χ0n) is 15.8. The van der Waals surface area contributed by atoms with Crippen molar-refractivity contribution in [3.8, 4) is 0 Å². The van der Waals surface area contributed by atoms with Gasteiger partial charge in [-0.25, -0.2) is 9.37 Å². The molecule has 1 unspecified atom stereocenters. The Bertz CT molecular complexity index is 1180. The maximum Gasteiger partial charge on any atom is 0.251 e. The zero-order chi connectivity index (χ0) is 20.9. The van der Waals surface area contributed by atoms with Gasteiger partial charge in [0.05, 0.1) is 22.7 Å². The van der Waals surface area contributed by atoms with E-state index in [1.807, 2.05) is 36.4 Å². The average molecular weight is 419 g/mol. The van der Waals surface area contributed by atoms with Crippen molar-refractivity contribution < 1.29 is 14.0 Å². The summed E-state index contributed by atoms with van der Waals surface area (Å²) in [7, 11) is 0. The highest BCUT2D eigenvalue weighted by atomic mass is 32.1. The highest BCUT2D eigenvalue weighted by Gasteiger charge is 2.20. The molecule has 30 heavy (non-hydrogen) atoms. The molecule has 0 saturated heterocycles. The molecule has 4 rings (SSSR count). The van der Waals surface area contributed by atoms with Crippen LogP contribution in [0.4, 0.5) is 9.52 Å². The number of carbonyl (C=O) groups excluding carboxylic acids is 2. The lowest BCUT2D eigenvalue weighted by Crippen LogP contribution is -2.31. The second-order valence-corrected chi connectivity index (χ2v) is 7.72. The quantitative estimate of drug-likeness (QED) is 0.465. The van der Waals surface area contributed by atoms with Crippen molar-refractivity contribution in [3.63, 3.8) is 0 Å². The molecule has 0 aliphatic rings. The molecule has 4 aromatic rings. The molecule has 3 aromatic carbocycles. The molecule has 5 nitrogen and oxygen atoms in total. The molecule has 2 N–H and O–H groups in total. The molecule has 1 aromatic heterocycles. The molecule has 0 fully saturated rings. The van der Waals surface area contributed by atoms with Gasteiger partial charge in [-0.15, -0.1) is 0 Å². The highest BCUT2D eigenvalue weighted by Crippen LogP contribution is 2.27. The van der Waals surface area contributed by atoms with Gasteiger partial charge in [0.15, 0.2) is 5.13 Å². The van der Waals surface area contributed by atoms with Gasteiger partial charge in [0.2, 0.25) is 5.91 Å². The molecular weight excluding hydrogens is 401 g/mol. The molecule has 0 aliphatic carbocycles. The molecule has 7 heteroatoms. The Morgan fingerprint density at radius 1 is 0.967 bits per heavy atom. The van der Waals surface area contributed by atoms with Crippen LogP contribution in [0.3, 0.4) is 0 Å². The summed E-state index contributed by atoms with van der Waals surface area (Å²) < 4.78 is 14.0. The maximum atomic E-state index is 13.4. The zero-order valence-corrected chi connectivity index (χ0v) is 16.7. The van der Waals surface area contributed by atoms with E-state index in [4.69, 9.17) is 0 Å². The van der Waals surface area contributed by atoms with Crippen LogP contribution in [0.25, 0.3) is 10.2 Å². The minimum Gasteiger partial charge on any atom is -0.345 e. The SMILES string of the molecule is O=C(CC(NC(=O)c1ccccc1)c1ccccc1)Nc1nc2ccc(F)cc2s1. The second kappa shape index (κ2) is 8.84. The van der Waals surface area contributed by atoms with Gasteiger partial charge >= 0.3 is 0 Å². The first-order valence-corrected chi connectivity index (χ1v) is 10.2. The molecule has 1 heterocycles. The first-order chi connectivity index (χ1) is 14.6. The lowest BCUT2D eigenvalue weighted by molar-refractivity contribution is -0.116. The van der Waals surface area contributed by atoms with Crippen molar-refractivity contribution in [2.24, 2.45) is 0 Å². The fourth-order valence-electron chi connectivity index (χ4n) is 3.08. The summed E-state index contributed by atoms with van der Waals surface area (Å²) in [6.45, 7) is 0. The summed E-state index contributed by atoms with van der Waals surface area (Å²) in [5.41, 5.74) is 1.96. The van der Waals surface area contributed by atoms with Crippen LogP contribution in [0.1, 0.15) is 28.4 Å². The van der Waals surface area contributed by atoms with E-state index >= 15 is 0 Å². The fraction of sp³-hybridized carbons (Fsp3) is 0.0870. The van der Waals surface area contributed by atoms with Gasteiger partial charge in [0.25, 0.3) is 5.91 Å². The van der Waals surface area contributed by atoms with Crippen LogP contribution in [-0.2, 0) is 4.79 Å². The summed E-state index contributed by atoms with van der Waals surface area (Å²) >= 11 is 1.20. The number of halogens is 1. The van der Waals surface area contributed by atoms with Crippen LogP contribution in [-0.4, -0.2) is 16.8 Å². The van der Waals surface area contributed by atoms with Crippen LogP contribution in [0.15, 0.2) is 78.9 Å². The largest absolute Gasteiger partial charge is 0.345 e. The number of nitrogens with zero attached hydrogens (tertiary/aromatic N) is 1. The first kappa shape index (κ1) is 19.7. The van der Waals surface area contributed by atoms with E-state index in [2.05, 4.69) is 15.6 Å². The Kier molecular flexibility index (Phi) is 5.81. The minimum absolute atomic E-state index is 0.0346. The van der Waals surface area contributed by atoms with Gasteiger partial charge in [-0.3, -0.25) is 9.59 Å². The molecule has 0 spiro atoms. The number of thiazole rings is 1. The number of fused-ring (bicyclic) bond motifs is 1. The standard InChI is InChI=1S/C23H18FN3O2S/c24-17-11-12-18-20(13-17)30-23(26-18)27-21(28)14-19(15-7-3-1-4-8-15)25-22(29)16-9-5-2-6-10-16/h1-13,19H,14H2,(H,25,29)(H,26,27,28). The van der Waals surface area contributed by atoms with E-state index in [1.54, 1.807) is 30.3 Å². The number of hydrogen-bond acceptors (Lipinski definition) is 4. The Morgan fingerprint density at radius 3 is 2.40 bits per heavy atom. The number of aromatic nitrogens is 1. The van der Waals surface area contributed by atoms with Crippen molar-refractivity contribution in [2.45, 2.75) is 12.5 Å². The molecule has 150 valence electrons. The van der Waals surface area contributed by atoms with Crippen molar-refractivity contribution in [3.05, 3.63) is 95.8 Å². The molecule has 1 atom stereocenters. The Balaban J connectivity index is 1.50. The molecule has 0 radical (unpaired) electrons. The minimum atomic E-state index is -0.509. The number of rotatable bonds is 6. The lowest BCUT2D eigenvalue weighted by atomic mass is 10.0. The molecule has 2 amide bonds. The number of anilines is 1. The summed E-state index contributed by atoms with van der Waals surface area (Å²) in [6, 6.07) is 22.0. The van der Waals surface area contributed by atoms with E-state index in [-0.39, 0.29) is 24.1 Å². The van der Waals surface area contributed by atoms with Crippen molar-refractivity contribution in [1.82, 2.24) is 10.3 Å². The summed E-state index contributed by atoms with van der Waals surface area (Å²) in [5, 5.41) is 6.08. The van der Waals surface area contributed by atoms with E-state index in [0.29, 0.717) is 20.9 Å². The van der Waals surface area contributed by atoms with E-state index in [0.717, 1.165) is 5.56 Å². The summed E-state index contributed by atoms with van der Waals surface area (Å²) in [6.07, 6.45) is 0.0346. The predicted octanol–water partition coefficient (Wildman–Crippen LogP) is 4.94. The van der Waals surface area contributed by atoms with Gasteiger partial charge < -0.3 is 10.6 Å². The monoisotopic (exact) mass is 419 g/mol. The number of benzene rings is 3. The van der Waals surface area contributed by atoms with Gasteiger partial charge in [-0.05, 0) is 35.9 Å². The lowest BCUT2D eigenvalue weighted by Gasteiger charge is -2.19. The van der Waals surface area contributed by atoms with Crippen LogP contribution >= 0.6 is 11.3 Å².